The SMILES string of the molecule is NC(CO)C(=O)NNC(=O)CCCCCN1CCN(CC(=O)Nc2nc3ccccc3s2)CC1. The van der Waals surface area contributed by atoms with Crippen LogP contribution in [0.15, 0.2) is 24.3 Å². The van der Waals surface area contributed by atoms with Crippen molar-refractivity contribution in [3.05, 3.63) is 24.3 Å². The quantitative estimate of drug-likeness (QED) is 0.215. The Bertz CT molecular complexity index is 929. The lowest BCUT2D eigenvalue weighted by Crippen LogP contribution is -2.50. The first kappa shape index (κ1) is 26.0. The number of unbranched alkanes of at least 4 members (excludes halogenated alkanes) is 2. The van der Waals surface area contributed by atoms with Gasteiger partial charge in [0.05, 0.1) is 23.4 Å². The molecule has 1 aromatic carbocycles. The first-order valence-electron chi connectivity index (χ1n) is 11.5. The van der Waals surface area contributed by atoms with Crippen LogP contribution in [-0.4, -0.2) is 89.5 Å². The summed E-state index contributed by atoms with van der Waals surface area (Å²) in [5.41, 5.74) is 10.7. The number of piperazine rings is 1. The van der Waals surface area contributed by atoms with Crippen LogP contribution in [0.1, 0.15) is 25.7 Å². The van der Waals surface area contributed by atoms with Crippen LogP contribution in [0.2, 0.25) is 0 Å². The topological polar surface area (TPSA) is 153 Å². The maximum Gasteiger partial charge on any atom is 0.257 e. The summed E-state index contributed by atoms with van der Waals surface area (Å²) in [5.74, 6) is -0.944. The number of aromatic nitrogens is 1. The Kier molecular flexibility index (Phi) is 10.2. The van der Waals surface area contributed by atoms with Gasteiger partial charge >= 0.3 is 0 Å². The smallest absolute Gasteiger partial charge is 0.257 e. The molecule has 6 N–H and O–H groups in total. The molecule has 11 nitrogen and oxygen atoms in total. The number of carbonyl (C=O) groups is 3. The predicted molar refractivity (Wildman–Crippen MR) is 131 cm³/mol. The number of nitrogens with zero attached hydrogens (tertiary/aromatic N) is 3. The number of carbonyl (C=O) groups excluding carboxylic acids is 3. The van der Waals surface area contributed by atoms with E-state index in [4.69, 9.17) is 10.8 Å². The van der Waals surface area contributed by atoms with E-state index >= 15 is 0 Å². The first-order chi connectivity index (χ1) is 16.4. The minimum atomic E-state index is -1.05. The van der Waals surface area contributed by atoms with Crippen molar-refractivity contribution >= 4 is 44.4 Å². The van der Waals surface area contributed by atoms with E-state index in [1.165, 1.54) is 11.3 Å². The van der Waals surface area contributed by atoms with Gasteiger partial charge in [0.1, 0.15) is 6.04 Å². The monoisotopic (exact) mass is 491 g/mol. The highest BCUT2D eigenvalue weighted by atomic mass is 32.1. The second-order valence-corrected chi connectivity index (χ2v) is 9.32. The number of amides is 3. The van der Waals surface area contributed by atoms with E-state index < -0.39 is 18.6 Å². The molecule has 1 aliphatic heterocycles. The van der Waals surface area contributed by atoms with Crippen molar-refractivity contribution in [1.82, 2.24) is 25.6 Å². The summed E-state index contributed by atoms with van der Waals surface area (Å²) in [5, 5.41) is 12.3. The van der Waals surface area contributed by atoms with E-state index in [2.05, 4.69) is 31.0 Å². The molecule has 1 unspecified atom stereocenters. The lowest BCUT2D eigenvalue weighted by molar-refractivity contribution is -0.130. The van der Waals surface area contributed by atoms with Crippen LogP contribution >= 0.6 is 11.3 Å². The van der Waals surface area contributed by atoms with Gasteiger partial charge in [-0.2, -0.15) is 0 Å². The number of nitrogens with two attached hydrogens (primary N) is 1. The van der Waals surface area contributed by atoms with Gasteiger partial charge in [-0.3, -0.25) is 30.1 Å². The first-order valence-corrected chi connectivity index (χ1v) is 12.3. The number of hydrazine groups is 1. The van der Waals surface area contributed by atoms with Gasteiger partial charge in [-0.25, -0.2) is 4.98 Å². The third-order valence-electron chi connectivity index (χ3n) is 5.61. The zero-order valence-electron chi connectivity index (χ0n) is 19.2. The largest absolute Gasteiger partial charge is 0.394 e. The van der Waals surface area contributed by atoms with Crippen LogP contribution in [0.5, 0.6) is 0 Å². The Balaban J connectivity index is 1.23. The van der Waals surface area contributed by atoms with E-state index in [-0.39, 0.29) is 11.8 Å². The van der Waals surface area contributed by atoms with Gasteiger partial charge in [-0.15, -0.1) is 0 Å². The summed E-state index contributed by atoms with van der Waals surface area (Å²) in [6.07, 6.45) is 2.92. The van der Waals surface area contributed by atoms with Gasteiger partial charge in [0.15, 0.2) is 5.13 Å². The van der Waals surface area contributed by atoms with E-state index in [0.29, 0.717) is 18.1 Å². The molecule has 186 valence electrons. The molecule has 0 aliphatic carbocycles. The van der Waals surface area contributed by atoms with Crippen LogP contribution in [-0.2, 0) is 14.4 Å². The van der Waals surface area contributed by atoms with Gasteiger partial charge in [-0.05, 0) is 31.5 Å². The third-order valence-corrected chi connectivity index (χ3v) is 6.56. The standard InChI is InChI=1S/C22H33N7O4S/c23-16(15-30)21(33)27-26-19(31)8-2-1-5-9-28-10-12-29(13-11-28)14-20(32)25-22-24-17-6-3-4-7-18(17)34-22/h3-4,6-7,16,30H,1-2,5,8-15,23H2,(H,26,31)(H,27,33)(H,24,25,32). The average molecular weight is 492 g/mol. The van der Waals surface area contributed by atoms with Crippen molar-refractivity contribution < 1.29 is 19.5 Å². The number of benzene rings is 1. The third kappa shape index (κ3) is 8.29. The lowest BCUT2D eigenvalue weighted by Gasteiger charge is -2.34. The van der Waals surface area contributed by atoms with Crippen molar-refractivity contribution in [3.63, 3.8) is 0 Å². The maximum atomic E-state index is 12.4. The number of aliphatic hydroxyl groups excluding tert-OH is 1. The van der Waals surface area contributed by atoms with Crippen molar-refractivity contribution in [2.75, 3.05) is 51.2 Å². The van der Waals surface area contributed by atoms with Gasteiger partial charge in [-0.1, -0.05) is 29.9 Å². The zero-order valence-corrected chi connectivity index (χ0v) is 20.0. The maximum absolute atomic E-state index is 12.4. The summed E-state index contributed by atoms with van der Waals surface area (Å²) >= 11 is 1.48. The molecule has 0 spiro atoms. The predicted octanol–water partition coefficient (Wildman–Crippen LogP) is -0.120. The number of fused-ring (bicyclic) bond motifs is 1. The molecule has 0 radical (unpaired) electrons. The highest BCUT2D eigenvalue weighted by molar-refractivity contribution is 7.22. The Morgan fingerprint density at radius 1 is 1.03 bits per heavy atom. The van der Waals surface area contributed by atoms with Gasteiger partial charge < -0.3 is 21.1 Å². The second kappa shape index (κ2) is 13.3. The van der Waals surface area contributed by atoms with E-state index in [1.54, 1.807) is 0 Å². The molecule has 1 fully saturated rings. The summed E-state index contributed by atoms with van der Waals surface area (Å²) in [6.45, 7) is 4.33. The van der Waals surface area contributed by atoms with Crippen LogP contribution in [0.4, 0.5) is 5.13 Å². The normalized spacial score (nSPS) is 15.7. The van der Waals surface area contributed by atoms with Crippen LogP contribution in [0.25, 0.3) is 10.2 Å². The fourth-order valence-electron chi connectivity index (χ4n) is 3.63. The number of para-hydroxylation sites is 1. The van der Waals surface area contributed by atoms with Crippen LogP contribution in [0.3, 0.4) is 0 Å². The van der Waals surface area contributed by atoms with Crippen molar-refractivity contribution in [2.45, 2.75) is 31.7 Å². The molecular weight excluding hydrogens is 458 g/mol. The zero-order chi connectivity index (χ0) is 24.3. The Morgan fingerprint density at radius 3 is 2.50 bits per heavy atom. The number of rotatable bonds is 11. The molecule has 0 bridgehead atoms. The number of aliphatic hydroxyl groups is 1. The molecule has 0 saturated carbocycles. The summed E-state index contributed by atoms with van der Waals surface area (Å²) in [6, 6.07) is 6.78. The fraction of sp³-hybridized carbons (Fsp3) is 0.545. The molecule has 12 heteroatoms. The molecule has 1 atom stereocenters. The lowest BCUT2D eigenvalue weighted by atomic mass is 10.1. The van der Waals surface area contributed by atoms with Gasteiger partial charge in [0, 0.05) is 32.6 Å². The Morgan fingerprint density at radius 2 is 1.76 bits per heavy atom. The summed E-state index contributed by atoms with van der Waals surface area (Å²) < 4.78 is 1.06. The average Bonchev–Trinajstić information content (AvgIpc) is 3.24. The molecule has 2 aromatic rings. The van der Waals surface area contributed by atoms with E-state index in [9.17, 15) is 14.4 Å². The number of hydrogen-bond acceptors (Lipinski definition) is 9. The summed E-state index contributed by atoms with van der Waals surface area (Å²) in [4.78, 5) is 44.5. The Labute approximate surface area is 202 Å². The van der Waals surface area contributed by atoms with Gasteiger partial charge in [0.2, 0.25) is 11.8 Å². The number of hydrogen-bond donors (Lipinski definition) is 5. The molecular formula is C22H33N7O4S. The van der Waals surface area contributed by atoms with E-state index in [0.717, 1.165) is 62.2 Å². The molecule has 1 aromatic heterocycles. The molecule has 3 amide bonds. The minimum absolute atomic E-state index is 0.0414. The fourth-order valence-corrected chi connectivity index (χ4v) is 4.51. The van der Waals surface area contributed by atoms with Gasteiger partial charge in [0.25, 0.3) is 5.91 Å². The number of thiazole rings is 1. The molecule has 1 aliphatic rings. The van der Waals surface area contributed by atoms with Crippen molar-refractivity contribution in [3.8, 4) is 0 Å². The van der Waals surface area contributed by atoms with Crippen LogP contribution < -0.4 is 21.9 Å². The highest BCUT2D eigenvalue weighted by Crippen LogP contribution is 2.25. The molecule has 3 rings (SSSR count). The highest BCUT2D eigenvalue weighted by Gasteiger charge is 2.19. The molecule has 2 heterocycles. The molecule has 1 saturated heterocycles. The molecule has 34 heavy (non-hydrogen) atoms. The summed E-state index contributed by atoms with van der Waals surface area (Å²) in [7, 11) is 0. The minimum Gasteiger partial charge on any atom is -0.394 e. The van der Waals surface area contributed by atoms with Crippen molar-refractivity contribution in [1.29, 1.82) is 0 Å². The number of nitrogens with one attached hydrogen (secondary N) is 3. The van der Waals surface area contributed by atoms with Crippen molar-refractivity contribution in [2.24, 2.45) is 5.73 Å². The Hall–Kier alpha value is -2.64. The van der Waals surface area contributed by atoms with E-state index in [1.807, 2.05) is 24.3 Å². The number of anilines is 1. The van der Waals surface area contributed by atoms with Crippen LogP contribution in [0, 0.1) is 0 Å². The second-order valence-electron chi connectivity index (χ2n) is 8.29.